The number of nitrogens with one attached hydrogen (secondary N) is 1. The molecule has 2 heterocycles. The molecule has 0 bridgehead atoms. The summed E-state index contributed by atoms with van der Waals surface area (Å²) in [4.78, 5) is 14.9. The first-order chi connectivity index (χ1) is 10.3. The van der Waals surface area contributed by atoms with Crippen LogP contribution in [0.5, 0.6) is 0 Å². The third-order valence-corrected chi connectivity index (χ3v) is 4.67. The zero-order valence-electron chi connectivity index (χ0n) is 12.5. The van der Waals surface area contributed by atoms with Gasteiger partial charge in [0.05, 0.1) is 12.6 Å². The van der Waals surface area contributed by atoms with Gasteiger partial charge in [-0.15, -0.1) is 0 Å². The molecule has 3 rings (SSSR count). The van der Waals surface area contributed by atoms with Crippen LogP contribution in [0, 0.1) is 0 Å². The number of anilines is 1. The molecule has 1 atom stereocenters. The van der Waals surface area contributed by atoms with Gasteiger partial charge >= 0.3 is 0 Å². The van der Waals surface area contributed by atoms with E-state index in [2.05, 4.69) is 11.4 Å². The minimum Gasteiger partial charge on any atom is -0.394 e. The van der Waals surface area contributed by atoms with Crippen molar-refractivity contribution in [1.29, 1.82) is 0 Å². The third-order valence-electron chi connectivity index (χ3n) is 4.67. The molecule has 1 aromatic carbocycles. The molecule has 0 aromatic heterocycles. The van der Waals surface area contributed by atoms with Gasteiger partial charge in [-0.05, 0) is 43.4 Å². The zero-order chi connectivity index (χ0) is 14.7. The first-order valence-corrected chi connectivity index (χ1v) is 8.09. The van der Waals surface area contributed by atoms with Crippen LogP contribution >= 0.6 is 0 Å². The second-order valence-corrected chi connectivity index (χ2v) is 6.05. The van der Waals surface area contributed by atoms with E-state index in [0.29, 0.717) is 0 Å². The van der Waals surface area contributed by atoms with Crippen molar-refractivity contribution in [3.63, 3.8) is 0 Å². The van der Waals surface area contributed by atoms with E-state index in [1.807, 2.05) is 17.0 Å². The minimum atomic E-state index is -0.0209. The molecule has 1 amide bonds. The zero-order valence-corrected chi connectivity index (χ0v) is 12.5. The van der Waals surface area contributed by atoms with Crippen molar-refractivity contribution in [2.75, 3.05) is 25.0 Å². The number of fused-ring (bicyclic) bond motifs is 1. The van der Waals surface area contributed by atoms with Crippen LogP contribution in [0.15, 0.2) is 18.2 Å². The van der Waals surface area contributed by atoms with Gasteiger partial charge in [-0.2, -0.15) is 0 Å². The van der Waals surface area contributed by atoms with Crippen molar-refractivity contribution in [2.24, 2.45) is 0 Å². The lowest BCUT2D eigenvalue weighted by Gasteiger charge is -2.30. The summed E-state index contributed by atoms with van der Waals surface area (Å²) in [6, 6.07) is 5.92. The van der Waals surface area contributed by atoms with Gasteiger partial charge < -0.3 is 15.3 Å². The highest BCUT2D eigenvalue weighted by Crippen LogP contribution is 2.28. The number of carbonyl (C=O) groups excluding carboxylic acids is 1. The fraction of sp³-hybridized carbons (Fsp3) is 0.588. The molecule has 1 fully saturated rings. The Morgan fingerprint density at radius 1 is 1.29 bits per heavy atom. The number of hydrogen-bond donors (Lipinski definition) is 2. The van der Waals surface area contributed by atoms with Crippen molar-refractivity contribution in [2.45, 2.75) is 44.6 Å². The quantitative estimate of drug-likeness (QED) is 0.879. The number of benzene rings is 1. The van der Waals surface area contributed by atoms with Crippen LogP contribution in [0.2, 0.25) is 0 Å². The summed E-state index contributed by atoms with van der Waals surface area (Å²) in [6.45, 7) is 1.81. The predicted octanol–water partition coefficient (Wildman–Crippen LogP) is 2.42. The average molecular weight is 288 g/mol. The Balaban J connectivity index is 1.90. The molecule has 4 heteroatoms. The monoisotopic (exact) mass is 288 g/mol. The second-order valence-electron chi connectivity index (χ2n) is 6.05. The van der Waals surface area contributed by atoms with Crippen LogP contribution in [-0.4, -0.2) is 41.7 Å². The Morgan fingerprint density at radius 2 is 2.19 bits per heavy atom. The normalized spacial score (nSPS) is 22.1. The van der Waals surface area contributed by atoms with Gasteiger partial charge in [0.1, 0.15) is 0 Å². The van der Waals surface area contributed by atoms with Crippen molar-refractivity contribution in [3.05, 3.63) is 29.3 Å². The molecule has 4 nitrogen and oxygen atoms in total. The van der Waals surface area contributed by atoms with Gasteiger partial charge in [-0.1, -0.05) is 18.9 Å². The first kappa shape index (κ1) is 14.4. The van der Waals surface area contributed by atoms with E-state index in [1.165, 1.54) is 0 Å². The molecule has 2 aliphatic rings. The maximum Gasteiger partial charge on any atom is 0.254 e. The molecular weight excluding hydrogens is 264 g/mol. The number of rotatable bonds is 2. The molecular formula is C17H24N2O2. The van der Waals surface area contributed by atoms with Crippen LogP contribution in [-0.2, 0) is 6.42 Å². The van der Waals surface area contributed by atoms with Crippen molar-refractivity contribution >= 4 is 11.6 Å². The fourth-order valence-electron chi connectivity index (χ4n) is 3.50. The van der Waals surface area contributed by atoms with E-state index in [0.717, 1.165) is 68.4 Å². The van der Waals surface area contributed by atoms with E-state index < -0.39 is 0 Å². The van der Waals surface area contributed by atoms with Crippen LogP contribution in [0.25, 0.3) is 0 Å². The molecule has 2 N–H and O–H groups in total. The lowest BCUT2D eigenvalue weighted by Crippen LogP contribution is -2.42. The van der Waals surface area contributed by atoms with Gasteiger partial charge in [0.25, 0.3) is 5.91 Å². The Kier molecular flexibility index (Phi) is 4.44. The number of carbonyl (C=O) groups is 1. The maximum atomic E-state index is 13.0. The second kappa shape index (κ2) is 6.48. The smallest absolute Gasteiger partial charge is 0.254 e. The van der Waals surface area contributed by atoms with E-state index in [9.17, 15) is 9.90 Å². The van der Waals surface area contributed by atoms with Crippen LogP contribution < -0.4 is 5.32 Å². The summed E-state index contributed by atoms with van der Waals surface area (Å²) in [5.41, 5.74) is 3.07. The Morgan fingerprint density at radius 3 is 3.05 bits per heavy atom. The van der Waals surface area contributed by atoms with Gasteiger partial charge in [0.2, 0.25) is 0 Å². The molecule has 0 saturated carbocycles. The highest BCUT2D eigenvalue weighted by molar-refractivity contribution is 5.97. The van der Waals surface area contributed by atoms with E-state index >= 15 is 0 Å². The third kappa shape index (κ3) is 2.91. The summed E-state index contributed by atoms with van der Waals surface area (Å²) in [5.74, 6) is 0.0940. The van der Waals surface area contributed by atoms with Crippen LogP contribution in [0.3, 0.4) is 0 Å². The fourth-order valence-corrected chi connectivity index (χ4v) is 3.50. The number of aliphatic hydroxyl groups excluding tert-OH is 1. The van der Waals surface area contributed by atoms with Gasteiger partial charge in [-0.3, -0.25) is 4.79 Å². The molecule has 1 unspecified atom stereocenters. The lowest BCUT2D eigenvalue weighted by atomic mass is 9.96. The number of amides is 1. The highest BCUT2D eigenvalue weighted by atomic mass is 16.3. The Hall–Kier alpha value is -1.55. The number of hydrogen-bond acceptors (Lipinski definition) is 3. The number of nitrogens with zero attached hydrogens (tertiary/aromatic N) is 1. The van der Waals surface area contributed by atoms with Gasteiger partial charge in [0.15, 0.2) is 0 Å². The van der Waals surface area contributed by atoms with Crippen LogP contribution in [0.4, 0.5) is 5.69 Å². The molecule has 21 heavy (non-hydrogen) atoms. The summed E-state index contributed by atoms with van der Waals surface area (Å²) < 4.78 is 0. The van der Waals surface area contributed by atoms with Gasteiger partial charge in [-0.25, -0.2) is 0 Å². The van der Waals surface area contributed by atoms with E-state index in [-0.39, 0.29) is 18.6 Å². The standard InChI is InChI=1S/C17H24N2O2/c20-12-13-6-2-1-3-11-19(13)17(21)15-7-4-9-16-14(15)8-5-10-18-16/h4,7,9,13,18,20H,1-3,5-6,8,10-12H2. The summed E-state index contributed by atoms with van der Waals surface area (Å²) in [7, 11) is 0. The average Bonchev–Trinajstić information content (AvgIpc) is 2.79. The molecule has 0 aliphatic carbocycles. The van der Waals surface area contributed by atoms with Crippen LogP contribution in [0.1, 0.15) is 48.0 Å². The first-order valence-electron chi connectivity index (χ1n) is 8.09. The molecule has 0 spiro atoms. The molecule has 0 radical (unpaired) electrons. The molecule has 1 saturated heterocycles. The SMILES string of the molecule is O=C(c1cccc2c1CCCN2)N1CCCCCC1CO. The Labute approximate surface area is 126 Å². The van der Waals surface area contributed by atoms with Crippen molar-refractivity contribution < 1.29 is 9.90 Å². The summed E-state index contributed by atoms with van der Waals surface area (Å²) >= 11 is 0. The van der Waals surface area contributed by atoms with E-state index in [4.69, 9.17) is 0 Å². The molecule has 1 aromatic rings. The predicted molar refractivity (Wildman–Crippen MR) is 83.6 cm³/mol. The maximum absolute atomic E-state index is 13.0. The van der Waals surface area contributed by atoms with Crippen molar-refractivity contribution in [1.82, 2.24) is 4.90 Å². The highest BCUT2D eigenvalue weighted by Gasteiger charge is 2.28. The Bertz CT molecular complexity index is 516. The van der Waals surface area contributed by atoms with E-state index in [1.54, 1.807) is 0 Å². The topological polar surface area (TPSA) is 52.6 Å². The summed E-state index contributed by atoms with van der Waals surface area (Å²) in [5, 5.41) is 13.0. The minimum absolute atomic E-state index is 0.0209. The molecule has 114 valence electrons. The van der Waals surface area contributed by atoms with Crippen molar-refractivity contribution in [3.8, 4) is 0 Å². The van der Waals surface area contributed by atoms with Gasteiger partial charge in [0, 0.05) is 24.3 Å². The lowest BCUT2D eigenvalue weighted by molar-refractivity contribution is 0.0598. The number of aliphatic hydroxyl groups is 1. The number of likely N-dealkylation sites (tertiary alicyclic amines) is 1. The summed E-state index contributed by atoms with van der Waals surface area (Å²) in [6.07, 6.45) is 6.23. The largest absolute Gasteiger partial charge is 0.394 e. The molecule has 2 aliphatic heterocycles.